The Labute approximate surface area is 180 Å². The van der Waals surface area contributed by atoms with Crippen LogP contribution >= 0.6 is 0 Å². The topological polar surface area (TPSA) is 42.9 Å². The monoisotopic (exact) mass is 403 g/mol. The molecule has 1 saturated heterocycles. The summed E-state index contributed by atoms with van der Waals surface area (Å²) >= 11 is 0. The SMILES string of the molecule is CN=C(NCc1cccc(N2CC=CC2)c1)NC1CCN(Cc2ccccc2)CC1. The lowest BCUT2D eigenvalue weighted by molar-refractivity contribution is 0.198. The van der Waals surface area contributed by atoms with Crippen LogP contribution in [0, 0.1) is 0 Å². The average Bonchev–Trinajstić information content (AvgIpc) is 3.34. The Morgan fingerprint density at radius 2 is 1.70 bits per heavy atom. The molecule has 5 heteroatoms. The van der Waals surface area contributed by atoms with Crippen LogP contribution in [0.3, 0.4) is 0 Å². The number of hydrogen-bond donors (Lipinski definition) is 2. The summed E-state index contributed by atoms with van der Waals surface area (Å²) in [5.41, 5.74) is 3.96. The predicted molar refractivity (Wildman–Crippen MR) is 126 cm³/mol. The van der Waals surface area contributed by atoms with Gasteiger partial charge in [-0.3, -0.25) is 9.89 Å². The summed E-state index contributed by atoms with van der Waals surface area (Å²) in [6.07, 6.45) is 6.74. The number of aliphatic imine (C=N–C) groups is 1. The van der Waals surface area contributed by atoms with Gasteiger partial charge in [0.1, 0.15) is 0 Å². The lowest BCUT2D eigenvalue weighted by Gasteiger charge is -2.33. The quantitative estimate of drug-likeness (QED) is 0.441. The first-order chi connectivity index (χ1) is 14.8. The van der Waals surface area contributed by atoms with Gasteiger partial charge in [-0.2, -0.15) is 0 Å². The van der Waals surface area contributed by atoms with Crippen molar-refractivity contribution in [3.05, 3.63) is 77.9 Å². The molecular formula is C25H33N5. The van der Waals surface area contributed by atoms with Crippen LogP contribution in [-0.4, -0.2) is 50.1 Å². The maximum atomic E-state index is 4.44. The molecule has 2 N–H and O–H groups in total. The van der Waals surface area contributed by atoms with E-state index in [1.165, 1.54) is 16.8 Å². The maximum absolute atomic E-state index is 4.44. The fraction of sp³-hybridized carbons (Fsp3) is 0.400. The van der Waals surface area contributed by atoms with Crippen LogP contribution < -0.4 is 15.5 Å². The van der Waals surface area contributed by atoms with Crippen molar-refractivity contribution in [2.45, 2.75) is 32.0 Å². The second-order valence-electron chi connectivity index (χ2n) is 8.15. The van der Waals surface area contributed by atoms with E-state index in [1.807, 2.05) is 7.05 Å². The molecule has 1 fully saturated rings. The Morgan fingerprint density at radius 1 is 0.967 bits per heavy atom. The zero-order valence-corrected chi connectivity index (χ0v) is 17.9. The van der Waals surface area contributed by atoms with E-state index < -0.39 is 0 Å². The number of likely N-dealkylation sites (tertiary alicyclic amines) is 1. The standard InChI is InChI=1S/C25H33N5/c1-26-25(27-19-22-10-7-11-24(18-22)30-14-5-6-15-30)28-23-12-16-29(17-13-23)20-21-8-3-2-4-9-21/h2-11,18,23H,12-17,19-20H2,1H3,(H2,26,27,28). The fourth-order valence-corrected chi connectivity index (χ4v) is 4.20. The van der Waals surface area contributed by atoms with Crippen molar-refractivity contribution >= 4 is 11.6 Å². The van der Waals surface area contributed by atoms with E-state index in [0.29, 0.717) is 6.04 Å². The Bertz CT molecular complexity index is 845. The van der Waals surface area contributed by atoms with Crippen LogP contribution in [0.15, 0.2) is 71.7 Å². The second kappa shape index (κ2) is 10.3. The van der Waals surface area contributed by atoms with Crippen LogP contribution in [0.4, 0.5) is 5.69 Å². The highest BCUT2D eigenvalue weighted by atomic mass is 15.2. The second-order valence-corrected chi connectivity index (χ2v) is 8.15. The number of anilines is 1. The summed E-state index contributed by atoms with van der Waals surface area (Å²) in [7, 11) is 1.85. The molecule has 2 aliphatic rings. The molecule has 2 aliphatic heterocycles. The van der Waals surface area contributed by atoms with Crippen molar-refractivity contribution < 1.29 is 0 Å². The molecule has 0 amide bonds. The van der Waals surface area contributed by atoms with Gasteiger partial charge in [0, 0.05) is 58.0 Å². The summed E-state index contributed by atoms with van der Waals surface area (Å²) in [4.78, 5) is 9.36. The molecule has 2 aromatic carbocycles. The van der Waals surface area contributed by atoms with Crippen molar-refractivity contribution in [3.8, 4) is 0 Å². The molecule has 158 valence electrons. The van der Waals surface area contributed by atoms with E-state index in [-0.39, 0.29) is 0 Å². The number of piperidine rings is 1. The first kappa shape index (κ1) is 20.5. The highest BCUT2D eigenvalue weighted by Crippen LogP contribution is 2.18. The number of nitrogens with one attached hydrogen (secondary N) is 2. The van der Waals surface area contributed by atoms with Crippen LogP contribution in [0.5, 0.6) is 0 Å². The lowest BCUT2D eigenvalue weighted by atomic mass is 10.0. The molecular weight excluding hydrogens is 370 g/mol. The summed E-state index contributed by atoms with van der Waals surface area (Å²) in [6.45, 7) is 6.07. The van der Waals surface area contributed by atoms with Gasteiger partial charge in [0.2, 0.25) is 0 Å². The van der Waals surface area contributed by atoms with Crippen LogP contribution in [0.25, 0.3) is 0 Å². The summed E-state index contributed by atoms with van der Waals surface area (Å²) in [5, 5.41) is 7.11. The Hall–Kier alpha value is -2.79. The Balaban J connectivity index is 1.22. The number of benzene rings is 2. The molecule has 5 nitrogen and oxygen atoms in total. The van der Waals surface area contributed by atoms with E-state index >= 15 is 0 Å². The van der Waals surface area contributed by atoms with E-state index in [0.717, 1.165) is 58.1 Å². The highest BCUT2D eigenvalue weighted by Gasteiger charge is 2.20. The minimum Gasteiger partial charge on any atom is -0.364 e. The molecule has 2 aromatic rings. The normalized spacial score (nSPS) is 18.0. The summed E-state index contributed by atoms with van der Waals surface area (Å²) < 4.78 is 0. The number of rotatable bonds is 6. The average molecular weight is 404 g/mol. The molecule has 0 aliphatic carbocycles. The van der Waals surface area contributed by atoms with E-state index in [2.05, 4.69) is 92.2 Å². The lowest BCUT2D eigenvalue weighted by Crippen LogP contribution is -2.48. The molecule has 0 atom stereocenters. The van der Waals surface area contributed by atoms with E-state index in [4.69, 9.17) is 0 Å². The van der Waals surface area contributed by atoms with Gasteiger partial charge in [0.25, 0.3) is 0 Å². The number of guanidine groups is 1. The van der Waals surface area contributed by atoms with Crippen LogP contribution in [-0.2, 0) is 13.1 Å². The minimum absolute atomic E-state index is 0.477. The van der Waals surface area contributed by atoms with Gasteiger partial charge >= 0.3 is 0 Å². The van der Waals surface area contributed by atoms with E-state index in [1.54, 1.807) is 0 Å². The third-order valence-corrected chi connectivity index (χ3v) is 5.95. The first-order valence-electron chi connectivity index (χ1n) is 11.0. The summed E-state index contributed by atoms with van der Waals surface area (Å²) in [5.74, 6) is 0.893. The van der Waals surface area contributed by atoms with Gasteiger partial charge in [0.05, 0.1) is 0 Å². The van der Waals surface area contributed by atoms with Gasteiger partial charge < -0.3 is 15.5 Å². The van der Waals surface area contributed by atoms with E-state index in [9.17, 15) is 0 Å². The maximum Gasteiger partial charge on any atom is 0.191 e. The van der Waals surface area contributed by atoms with Crippen molar-refractivity contribution in [1.82, 2.24) is 15.5 Å². The summed E-state index contributed by atoms with van der Waals surface area (Å²) in [6, 6.07) is 20.0. The van der Waals surface area contributed by atoms with Crippen LogP contribution in [0.1, 0.15) is 24.0 Å². The third-order valence-electron chi connectivity index (χ3n) is 5.95. The highest BCUT2D eigenvalue weighted by molar-refractivity contribution is 5.80. The number of nitrogens with zero attached hydrogens (tertiary/aromatic N) is 3. The van der Waals surface area contributed by atoms with Crippen molar-refractivity contribution in [2.75, 3.05) is 38.1 Å². The largest absolute Gasteiger partial charge is 0.364 e. The molecule has 0 aromatic heterocycles. The first-order valence-corrected chi connectivity index (χ1v) is 11.0. The predicted octanol–water partition coefficient (Wildman–Crippen LogP) is 3.39. The molecule has 0 unspecified atom stereocenters. The fourth-order valence-electron chi connectivity index (χ4n) is 4.20. The van der Waals surface area contributed by atoms with Gasteiger partial charge in [-0.15, -0.1) is 0 Å². The molecule has 2 heterocycles. The molecule has 0 bridgehead atoms. The zero-order valence-electron chi connectivity index (χ0n) is 17.9. The molecule has 0 radical (unpaired) electrons. The van der Waals surface area contributed by atoms with Gasteiger partial charge in [0.15, 0.2) is 5.96 Å². The van der Waals surface area contributed by atoms with Gasteiger partial charge in [-0.05, 0) is 36.1 Å². The number of hydrogen-bond acceptors (Lipinski definition) is 3. The Morgan fingerprint density at radius 3 is 2.43 bits per heavy atom. The Kier molecular flexibility index (Phi) is 7.03. The third kappa shape index (κ3) is 5.63. The minimum atomic E-state index is 0.477. The van der Waals surface area contributed by atoms with Crippen LogP contribution in [0.2, 0.25) is 0 Å². The van der Waals surface area contributed by atoms with Crippen molar-refractivity contribution in [2.24, 2.45) is 4.99 Å². The van der Waals surface area contributed by atoms with Crippen molar-refractivity contribution in [1.29, 1.82) is 0 Å². The zero-order chi connectivity index (χ0) is 20.6. The smallest absolute Gasteiger partial charge is 0.191 e. The molecule has 30 heavy (non-hydrogen) atoms. The molecule has 0 spiro atoms. The molecule has 0 saturated carbocycles. The molecule has 4 rings (SSSR count). The van der Waals surface area contributed by atoms with Gasteiger partial charge in [-0.1, -0.05) is 54.6 Å². The van der Waals surface area contributed by atoms with Crippen molar-refractivity contribution in [3.63, 3.8) is 0 Å². The van der Waals surface area contributed by atoms with Gasteiger partial charge in [-0.25, -0.2) is 0 Å².